The fourth-order valence-electron chi connectivity index (χ4n) is 3.63. The van der Waals surface area contributed by atoms with Crippen molar-refractivity contribution >= 4 is 11.7 Å². The Hall–Kier alpha value is -2.80. The van der Waals surface area contributed by atoms with E-state index < -0.39 is 12.0 Å². The highest BCUT2D eigenvalue weighted by atomic mass is 19.1. The quantitative estimate of drug-likeness (QED) is 0.890. The van der Waals surface area contributed by atoms with Crippen LogP contribution in [-0.4, -0.2) is 55.4 Å². The molecule has 0 aromatic heterocycles. The van der Waals surface area contributed by atoms with Crippen LogP contribution in [0.1, 0.15) is 11.6 Å². The third-order valence-electron chi connectivity index (χ3n) is 4.99. The first-order valence-electron chi connectivity index (χ1n) is 8.99. The second-order valence-electron chi connectivity index (χ2n) is 6.64. The Morgan fingerprint density at radius 1 is 0.963 bits per heavy atom. The van der Waals surface area contributed by atoms with Crippen LogP contribution in [0.15, 0.2) is 42.5 Å². The van der Waals surface area contributed by atoms with Gasteiger partial charge in [-0.05, 0) is 42.0 Å². The first-order chi connectivity index (χ1) is 13.1. The molecule has 2 aromatic rings. The van der Waals surface area contributed by atoms with Gasteiger partial charge in [0.05, 0.1) is 0 Å². The summed E-state index contributed by atoms with van der Waals surface area (Å²) in [5.74, 6) is 0.0917. The van der Waals surface area contributed by atoms with Crippen molar-refractivity contribution < 1.29 is 23.8 Å². The third-order valence-corrected chi connectivity index (χ3v) is 4.99. The molecule has 1 atom stereocenters. The summed E-state index contributed by atoms with van der Waals surface area (Å²) < 4.78 is 24.2. The van der Waals surface area contributed by atoms with Crippen LogP contribution in [0.5, 0.6) is 11.5 Å². The molecule has 0 aliphatic carbocycles. The van der Waals surface area contributed by atoms with Crippen molar-refractivity contribution in [2.45, 2.75) is 6.04 Å². The number of piperazine rings is 1. The molecular weight excluding hydrogens is 351 g/mol. The van der Waals surface area contributed by atoms with E-state index in [2.05, 4.69) is 4.90 Å². The Morgan fingerprint density at radius 3 is 2.30 bits per heavy atom. The van der Waals surface area contributed by atoms with E-state index in [1.807, 2.05) is 4.90 Å². The maximum atomic E-state index is 13.1. The number of halogens is 1. The molecule has 1 saturated heterocycles. The van der Waals surface area contributed by atoms with E-state index in [4.69, 9.17) is 9.47 Å². The number of carboxylic acid groups (broad SMARTS) is 1. The minimum absolute atomic E-state index is 0.262. The van der Waals surface area contributed by atoms with Gasteiger partial charge in [-0.2, -0.15) is 0 Å². The predicted octanol–water partition coefficient (Wildman–Crippen LogP) is 2.54. The second-order valence-corrected chi connectivity index (χ2v) is 6.64. The van der Waals surface area contributed by atoms with Crippen LogP contribution >= 0.6 is 0 Å². The molecule has 2 aliphatic rings. The highest BCUT2D eigenvalue weighted by Gasteiger charge is 2.31. The van der Waals surface area contributed by atoms with E-state index >= 15 is 0 Å². The molecule has 142 valence electrons. The van der Waals surface area contributed by atoms with E-state index in [1.165, 1.54) is 12.1 Å². The normalized spacial score (nSPS) is 18.2. The molecule has 2 heterocycles. The molecule has 1 N–H and O–H groups in total. The average Bonchev–Trinajstić information content (AvgIpc) is 2.69. The van der Waals surface area contributed by atoms with Crippen LogP contribution in [0.25, 0.3) is 0 Å². The number of carboxylic acids is 1. The number of carbonyl (C=O) groups is 1. The summed E-state index contributed by atoms with van der Waals surface area (Å²) in [5.41, 5.74) is 1.63. The molecule has 0 unspecified atom stereocenters. The molecule has 2 aliphatic heterocycles. The lowest BCUT2D eigenvalue weighted by atomic mass is 10.0. The van der Waals surface area contributed by atoms with Crippen molar-refractivity contribution in [3.63, 3.8) is 0 Å². The Kier molecular flexibility index (Phi) is 4.85. The van der Waals surface area contributed by atoms with Crippen LogP contribution in [-0.2, 0) is 4.79 Å². The summed E-state index contributed by atoms with van der Waals surface area (Å²) in [6.45, 7) is 3.52. The van der Waals surface area contributed by atoms with Gasteiger partial charge in [0.15, 0.2) is 11.5 Å². The van der Waals surface area contributed by atoms with Gasteiger partial charge in [0.1, 0.15) is 25.1 Å². The lowest BCUT2D eigenvalue weighted by molar-refractivity contribution is -0.143. The van der Waals surface area contributed by atoms with Gasteiger partial charge in [0.25, 0.3) is 0 Å². The molecule has 7 heteroatoms. The third kappa shape index (κ3) is 3.68. The SMILES string of the molecule is O=C(O)[C@@H](c1ccc2c(c1)OCCO2)N1CCN(c2ccc(F)cc2)CC1. The summed E-state index contributed by atoms with van der Waals surface area (Å²) in [7, 11) is 0. The fourth-order valence-corrected chi connectivity index (χ4v) is 3.63. The van der Waals surface area contributed by atoms with Gasteiger partial charge in [-0.1, -0.05) is 6.07 Å². The molecule has 0 saturated carbocycles. The zero-order valence-electron chi connectivity index (χ0n) is 14.8. The standard InChI is InChI=1S/C20H21FN2O4/c21-15-2-4-16(5-3-15)22-7-9-23(10-8-22)19(20(24)25)14-1-6-17-18(13-14)27-12-11-26-17/h1-6,13,19H,7-12H2,(H,24,25)/t19-/m1/s1. The molecular formula is C20H21FN2O4. The second kappa shape index (κ2) is 7.44. The Bertz CT molecular complexity index is 819. The zero-order chi connectivity index (χ0) is 18.8. The van der Waals surface area contributed by atoms with Gasteiger partial charge < -0.3 is 19.5 Å². The number of aliphatic carboxylic acids is 1. The molecule has 1 fully saturated rings. The van der Waals surface area contributed by atoms with Crippen molar-refractivity contribution in [2.75, 3.05) is 44.3 Å². The number of benzene rings is 2. The number of anilines is 1. The van der Waals surface area contributed by atoms with Crippen LogP contribution in [0.2, 0.25) is 0 Å². The summed E-state index contributed by atoms with van der Waals surface area (Å²) >= 11 is 0. The predicted molar refractivity (Wildman–Crippen MR) is 98.0 cm³/mol. The van der Waals surface area contributed by atoms with E-state index in [9.17, 15) is 14.3 Å². The van der Waals surface area contributed by atoms with Crippen molar-refractivity contribution in [3.05, 3.63) is 53.8 Å². The monoisotopic (exact) mass is 372 g/mol. The zero-order valence-corrected chi connectivity index (χ0v) is 14.8. The Morgan fingerprint density at radius 2 is 1.63 bits per heavy atom. The van der Waals surface area contributed by atoms with Gasteiger partial charge in [-0.3, -0.25) is 9.69 Å². The number of fused-ring (bicyclic) bond motifs is 1. The largest absolute Gasteiger partial charge is 0.486 e. The number of ether oxygens (including phenoxy) is 2. The molecule has 0 spiro atoms. The highest BCUT2D eigenvalue weighted by Crippen LogP contribution is 2.34. The van der Waals surface area contributed by atoms with Crippen LogP contribution < -0.4 is 14.4 Å². The van der Waals surface area contributed by atoms with E-state index in [0.29, 0.717) is 56.5 Å². The lowest BCUT2D eigenvalue weighted by Crippen LogP contribution is -2.49. The van der Waals surface area contributed by atoms with Crippen molar-refractivity contribution in [1.82, 2.24) is 4.90 Å². The molecule has 0 radical (unpaired) electrons. The minimum atomic E-state index is -0.887. The van der Waals surface area contributed by atoms with Gasteiger partial charge in [0.2, 0.25) is 0 Å². The number of hydrogen-bond acceptors (Lipinski definition) is 5. The minimum Gasteiger partial charge on any atom is -0.486 e. The number of nitrogens with zero attached hydrogens (tertiary/aromatic N) is 2. The van der Waals surface area contributed by atoms with Gasteiger partial charge in [-0.25, -0.2) is 4.39 Å². The summed E-state index contributed by atoms with van der Waals surface area (Å²) in [6, 6.07) is 11.0. The topological polar surface area (TPSA) is 62.2 Å². The molecule has 0 amide bonds. The summed E-state index contributed by atoms with van der Waals surface area (Å²) in [6.07, 6.45) is 0. The Labute approximate surface area is 156 Å². The Balaban J connectivity index is 1.49. The molecule has 6 nitrogen and oxygen atoms in total. The van der Waals surface area contributed by atoms with E-state index in [-0.39, 0.29) is 5.82 Å². The highest BCUT2D eigenvalue weighted by molar-refractivity contribution is 5.76. The molecule has 4 rings (SSSR count). The van der Waals surface area contributed by atoms with E-state index in [1.54, 1.807) is 30.3 Å². The van der Waals surface area contributed by atoms with E-state index in [0.717, 1.165) is 5.69 Å². The maximum Gasteiger partial charge on any atom is 0.325 e. The lowest BCUT2D eigenvalue weighted by Gasteiger charge is -2.39. The van der Waals surface area contributed by atoms with Crippen molar-refractivity contribution in [1.29, 1.82) is 0 Å². The van der Waals surface area contributed by atoms with Gasteiger partial charge in [0, 0.05) is 31.9 Å². The summed E-state index contributed by atoms with van der Waals surface area (Å²) in [5, 5.41) is 9.83. The number of rotatable bonds is 4. The average molecular weight is 372 g/mol. The fraction of sp³-hybridized carbons (Fsp3) is 0.350. The smallest absolute Gasteiger partial charge is 0.325 e. The van der Waals surface area contributed by atoms with Crippen LogP contribution in [0.4, 0.5) is 10.1 Å². The van der Waals surface area contributed by atoms with Crippen LogP contribution in [0, 0.1) is 5.82 Å². The van der Waals surface area contributed by atoms with Crippen LogP contribution in [0.3, 0.4) is 0 Å². The van der Waals surface area contributed by atoms with Gasteiger partial charge in [-0.15, -0.1) is 0 Å². The number of hydrogen-bond donors (Lipinski definition) is 1. The molecule has 0 bridgehead atoms. The molecule has 27 heavy (non-hydrogen) atoms. The van der Waals surface area contributed by atoms with Crippen molar-refractivity contribution in [2.24, 2.45) is 0 Å². The van der Waals surface area contributed by atoms with Gasteiger partial charge >= 0.3 is 5.97 Å². The maximum absolute atomic E-state index is 13.1. The first-order valence-corrected chi connectivity index (χ1v) is 8.99. The van der Waals surface area contributed by atoms with Crippen molar-refractivity contribution in [3.8, 4) is 11.5 Å². The molecule has 2 aromatic carbocycles. The summed E-state index contributed by atoms with van der Waals surface area (Å²) in [4.78, 5) is 16.1. The first kappa shape index (κ1) is 17.6.